The van der Waals surface area contributed by atoms with Crippen molar-refractivity contribution in [2.24, 2.45) is 5.11 Å². The van der Waals surface area contributed by atoms with Gasteiger partial charge in [0.2, 0.25) is 0 Å². The molecule has 0 bridgehead atoms. The van der Waals surface area contributed by atoms with E-state index in [-0.39, 0.29) is 13.2 Å². The van der Waals surface area contributed by atoms with Crippen molar-refractivity contribution < 1.29 is 47.4 Å². The van der Waals surface area contributed by atoms with E-state index in [1.54, 1.807) is 0 Å². The molecule has 0 unspecified atom stereocenters. The van der Waals surface area contributed by atoms with Crippen LogP contribution >= 0.6 is 0 Å². The molecule has 0 amide bonds. The summed E-state index contributed by atoms with van der Waals surface area (Å²) in [6, 6.07) is 18.5. The van der Waals surface area contributed by atoms with E-state index in [1.165, 1.54) is 0 Å². The maximum atomic E-state index is 9.75. The van der Waals surface area contributed by atoms with Crippen LogP contribution in [0.3, 0.4) is 0 Å². The maximum absolute atomic E-state index is 9.75. The predicted molar refractivity (Wildman–Crippen MR) is 155 cm³/mol. The number of rotatable bonds is 8. The van der Waals surface area contributed by atoms with Crippen molar-refractivity contribution in [3.63, 3.8) is 0 Å². The van der Waals surface area contributed by atoms with Gasteiger partial charge in [0.15, 0.2) is 30.4 Å². The summed E-state index contributed by atoms with van der Waals surface area (Å²) in [5.74, 6) is -1.68. The first kappa shape index (κ1) is 31.0. The lowest BCUT2D eigenvalue weighted by atomic mass is 9.95. The summed E-state index contributed by atoms with van der Waals surface area (Å²) in [5, 5.41) is 4.17. The summed E-state index contributed by atoms with van der Waals surface area (Å²) in [5.41, 5.74) is 11.6. The minimum absolute atomic E-state index is 0.204. The third kappa shape index (κ3) is 6.49. The Hall–Kier alpha value is -2.65. The fraction of sp³-hybridized carbons (Fsp3) is 0.625. The molecule has 5 saturated heterocycles. The predicted octanol–water partition coefficient (Wildman–Crippen LogP) is 4.50. The second-order valence-electron chi connectivity index (χ2n) is 12.7. The molecule has 7 rings (SSSR count). The van der Waals surface area contributed by atoms with Crippen LogP contribution in [0.15, 0.2) is 65.8 Å². The number of nitrogens with zero attached hydrogens (tertiary/aromatic N) is 3. The van der Waals surface area contributed by atoms with Crippen LogP contribution in [0.5, 0.6) is 0 Å². The van der Waals surface area contributed by atoms with Gasteiger partial charge in [-0.3, -0.25) is 0 Å². The number of fused-ring (bicyclic) bond motifs is 2. The zero-order valence-corrected chi connectivity index (χ0v) is 25.7. The molecule has 242 valence electrons. The molecule has 2 aromatic carbocycles. The minimum atomic E-state index is -1.05. The van der Waals surface area contributed by atoms with Gasteiger partial charge in [-0.2, -0.15) is 0 Å². The highest BCUT2D eigenvalue weighted by Gasteiger charge is 2.61. The maximum Gasteiger partial charge on any atom is 0.190 e. The largest absolute Gasteiger partial charge is 0.370 e. The van der Waals surface area contributed by atoms with Gasteiger partial charge in [0.25, 0.3) is 0 Å². The average Bonchev–Trinajstić information content (AvgIpc) is 3.66. The van der Waals surface area contributed by atoms with E-state index in [0.717, 1.165) is 11.1 Å². The molecule has 0 spiro atoms. The Morgan fingerprint density at radius 1 is 0.800 bits per heavy atom. The molecule has 5 heterocycles. The van der Waals surface area contributed by atoms with E-state index in [1.807, 2.05) is 88.4 Å². The van der Waals surface area contributed by atoms with Crippen LogP contribution in [0.4, 0.5) is 0 Å². The van der Waals surface area contributed by atoms with Crippen LogP contribution in [0, 0.1) is 0 Å². The third-order valence-electron chi connectivity index (χ3n) is 8.56. The van der Waals surface area contributed by atoms with Gasteiger partial charge < -0.3 is 47.4 Å². The Bertz CT molecular complexity index is 1360. The topological polar surface area (TPSA) is 141 Å². The number of hydrogen-bond donors (Lipinski definition) is 0. The van der Waals surface area contributed by atoms with Gasteiger partial charge in [-0.05, 0) is 38.8 Å². The number of benzene rings is 2. The average molecular weight is 626 g/mol. The fourth-order valence-corrected chi connectivity index (χ4v) is 6.58. The number of ether oxygens (including phenoxy) is 10. The summed E-state index contributed by atoms with van der Waals surface area (Å²) in [4.78, 5) is 3.18. The van der Waals surface area contributed by atoms with E-state index in [4.69, 9.17) is 47.4 Å². The molecular weight excluding hydrogens is 586 g/mol. The minimum Gasteiger partial charge on any atom is -0.370 e. The second-order valence-corrected chi connectivity index (χ2v) is 12.7. The standard InChI is InChI=1S/C32H39N3O10/c1-31(2)38-17-21(43-31)24-26(27-30(41-24)45-32(3,4)44-27)42-29-22(34-35-33)25(36-15-18-11-7-5-8-12-18)23-20(39-29)16-37-28(40-23)19-13-9-6-10-14-19/h5-14,20-30H,15-17H2,1-4H3/t20-,21+,22-,23-,24-,25-,26+,27-,28-,29-,30-/m1/s1. The normalized spacial score (nSPS) is 40.0. The van der Waals surface area contributed by atoms with Gasteiger partial charge in [0, 0.05) is 10.5 Å². The van der Waals surface area contributed by atoms with E-state index in [9.17, 15) is 5.53 Å². The SMILES string of the molecule is CC1(C)O[C@H]2O[C@H]([C@@H]3COC(C)(C)O3)[C@H](O[C@H]3O[C@@H]4CO[C@@H](c5ccccc5)O[C@H]4[C@H](OCc4ccccc4)[C@H]3N=[N+]=[N-])[C@H]2O1. The molecule has 13 heteroatoms. The summed E-state index contributed by atoms with van der Waals surface area (Å²) in [7, 11) is 0. The van der Waals surface area contributed by atoms with Crippen molar-refractivity contribution >= 4 is 0 Å². The van der Waals surface area contributed by atoms with Gasteiger partial charge in [0.05, 0.1) is 19.8 Å². The van der Waals surface area contributed by atoms with Crippen LogP contribution in [0.1, 0.15) is 45.1 Å². The Balaban J connectivity index is 1.18. The van der Waals surface area contributed by atoms with Crippen LogP contribution in [-0.4, -0.2) is 86.1 Å². The van der Waals surface area contributed by atoms with Crippen molar-refractivity contribution in [2.75, 3.05) is 13.2 Å². The lowest BCUT2D eigenvalue weighted by Gasteiger charge is -2.48. The van der Waals surface area contributed by atoms with Crippen LogP contribution in [0.25, 0.3) is 10.4 Å². The molecule has 5 aliphatic heterocycles. The highest BCUT2D eigenvalue weighted by molar-refractivity contribution is 5.17. The molecule has 0 N–H and O–H groups in total. The van der Waals surface area contributed by atoms with Gasteiger partial charge >= 0.3 is 0 Å². The smallest absolute Gasteiger partial charge is 0.190 e. The second kappa shape index (κ2) is 12.5. The summed E-state index contributed by atoms with van der Waals surface area (Å²) < 4.78 is 63.0. The zero-order valence-electron chi connectivity index (χ0n) is 25.7. The van der Waals surface area contributed by atoms with Crippen LogP contribution in [-0.2, 0) is 54.0 Å². The highest BCUT2D eigenvalue weighted by Crippen LogP contribution is 2.44. The van der Waals surface area contributed by atoms with Gasteiger partial charge in [-0.25, -0.2) is 0 Å². The van der Waals surface area contributed by atoms with Crippen molar-refractivity contribution in [1.82, 2.24) is 0 Å². The van der Waals surface area contributed by atoms with Crippen molar-refractivity contribution in [3.05, 3.63) is 82.2 Å². The third-order valence-corrected chi connectivity index (χ3v) is 8.56. The van der Waals surface area contributed by atoms with E-state index in [2.05, 4.69) is 10.0 Å². The zero-order chi connectivity index (χ0) is 31.2. The quantitative estimate of drug-likeness (QED) is 0.234. The van der Waals surface area contributed by atoms with E-state index < -0.39 is 79.2 Å². The monoisotopic (exact) mass is 625 g/mol. The van der Waals surface area contributed by atoms with Crippen molar-refractivity contribution in [3.8, 4) is 0 Å². The van der Waals surface area contributed by atoms with Gasteiger partial charge in [0.1, 0.15) is 48.8 Å². The van der Waals surface area contributed by atoms with Gasteiger partial charge in [-0.1, -0.05) is 65.8 Å². The Labute approximate surface area is 261 Å². The first-order chi connectivity index (χ1) is 21.7. The molecule has 45 heavy (non-hydrogen) atoms. The molecule has 2 aromatic rings. The number of azide groups is 1. The van der Waals surface area contributed by atoms with Crippen molar-refractivity contribution in [2.45, 2.75) is 114 Å². The van der Waals surface area contributed by atoms with Crippen LogP contribution < -0.4 is 0 Å². The molecule has 0 aromatic heterocycles. The van der Waals surface area contributed by atoms with Gasteiger partial charge in [-0.15, -0.1) is 0 Å². The summed E-state index contributed by atoms with van der Waals surface area (Å²) in [6.07, 6.45) is -6.73. The first-order valence-electron chi connectivity index (χ1n) is 15.4. The highest BCUT2D eigenvalue weighted by atomic mass is 16.9. The molecule has 0 saturated carbocycles. The molecule has 0 radical (unpaired) electrons. The molecular formula is C32H39N3O10. The molecule has 11 atom stereocenters. The summed E-state index contributed by atoms with van der Waals surface area (Å²) in [6.45, 7) is 8.08. The van der Waals surface area contributed by atoms with Crippen LogP contribution in [0.2, 0.25) is 0 Å². The van der Waals surface area contributed by atoms with E-state index >= 15 is 0 Å². The van der Waals surface area contributed by atoms with E-state index in [0.29, 0.717) is 6.61 Å². The molecule has 5 aliphatic rings. The molecule has 0 aliphatic carbocycles. The first-order valence-corrected chi connectivity index (χ1v) is 15.4. The Morgan fingerprint density at radius 3 is 2.24 bits per heavy atom. The Morgan fingerprint density at radius 2 is 1.53 bits per heavy atom. The van der Waals surface area contributed by atoms with Crippen molar-refractivity contribution in [1.29, 1.82) is 0 Å². The fourth-order valence-electron chi connectivity index (χ4n) is 6.58. The number of hydrogen-bond acceptors (Lipinski definition) is 11. The summed E-state index contributed by atoms with van der Waals surface area (Å²) >= 11 is 0. The molecule has 5 fully saturated rings. The lowest BCUT2D eigenvalue weighted by Crippen LogP contribution is -2.63. The lowest BCUT2D eigenvalue weighted by molar-refractivity contribution is -0.356. The Kier molecular flexibility index (Phi) is 8.61. The molecule has 13 nitrogen and oxygen atoms in total.